The van der Waals surface area contributed by atoms with Gasteiger partial charge in [0.25, 0.3) is 0 Å². The number of hydrogen-bond donors (Lipinski definition) is 4. The molecule has 0 aliphatic heterocycles. The van der Waals surface area contributed by atoms with Crippen molar-refractivity contribution in [1.82, 2.24) is 20.9 Å². The molecule has 2 rings (SSSR count). The number of ether oxygens (including phenoxy) is 1. The number of aromatic nitrogens is 2. The summed E-state index contributed by atoms with van der Waals surface area (Å²) in [5.74, 6) is 0.0263. The van der Waals surface area contributed by atoms with Crippen molar-refractivity contribution in [3.63, 3.8) is 0 Å². The van der Waals surface area contributed by atoms with Gasteiger partial charge in [-0.15, -0.1) is 0 Å². The van der Waals surface area contributed by atoms with Crippen LogP contribution in [0.5, 0.6) is 0 Å². The van der Waals surface area contributed by atoms with Crippen LogP contribution in [0.3, 0.4) is 0 Å². The topological polar surface area (TPSA) is 134 Å². The van der Waals surface area contributed by atoms with E-state index in [1.54, 1.807) is 7.11 Å². The van der Waals surface area contributed by atoms with Crippen molar-refractivity contribution in [1.29, 1.82) is 0 Å². The zero-order chi connectivity index (χ0) is 20.4. The van der Waals surface area contributed by atoms with Crippen LogP contribution in [-0.4, -0.2) is 59.9 Å². The Balaban J connectivity index is 1.89. The van der Waals surface area contributed by atoms with E-state index < -0.39 is 5.82 Å². The lowest BCUT2D eigenvalue weighted by Crippen LogP contribution is -2.38. The number of nitrogens with one attached hydrogen (secondary N) is 3. The van der Waals surface area contributed by atoms with Crippen molar-refractivity contribution in [2.24, 2.45) is 5.16 Å². The van der Waals surface area contributed by atoms with Crippen molar-refractivity contribution in [3.05, 3.63) is 34.2 Å². The molecule has 1 heterocycles. The molecule has 0 radical (unpaired) electrons. The third-order valence-electron chi connectivity index (χ3n) is 3.18. The van der Waals surface area contributed by atoms with Gasteiger partial charge in [-0.05, 0) is 44.4 Å². The lowest BCUT2D eigenvalue weighted by molar-refractivity contribution is 0.196. The van der Waals surface area contributed by atoms with Gasteiger partial charge in [0.2, 0.25) is 5.84 Å². The van der Waals surface area contributed by atoms with E-state index in [-0.39, 0.29) is 22.0 Å². The summed E-state index contributed by atoms with van der Waals surface area (Å²) in [6, 6.07) is 3.89. The molecule has 0 fully saturated rings. The number of oxime groups is 1. The number of carbonyl (C=O) groups is 1. The van der Waals surface area contributed by atoms with Crippen LogP contribution in [0.4, 0.5) is 14.9 Å². The predicted molar refractivity (Wildman–Crippen MR) is 104 cm³/mol. The third kappa shape index (κ3) is 6.65. The number of amidine groups is 1. The summed E-state index contributed by atoms with van der Waals surface area (Å²) >= 11 is 4.33. The number of methoxy groups -OCH3 is 1. The molecular formula is C15H18BrFN6O4S. The number of urea groups is 1. The monoisotopic (exact) mass is 476 g/mol. The van der Waals surface area contributed by atoms with Gasteiger partial charge >= 0.3 is 6.03 Å². The van der Waals surface area contributed by atoms with Gasteiger partial charge in [0.15, 0.2) is 10.7 Å². The first kappa shape index (κ1) is 21.9. The standard InChI is InChI=1S/C15H18BrFN6O4S/c1-26-6-4-18-15(24)19-5-7-28-14-12(22-27-23-14)13(21-25)20-9-2-3-11(17)10(16)8-9/h2-3,8,25H,4-7H2,1H3,(H,20,21)(H2,18,19,24). The van der Waals surface area contributed by atoms with Gasteiger partial charge in [0.1, 0.15) is 5.82 Å². The maximum absolute atomic E-state index is 13.3. The molecule has 2 aromatic rings. The number of thioether (sulfide) groups is 1. The number of halogens is 2. The summed E-state index contributed by atoms with van der Waals surface area (Å²) in [6.45, 7) is 1.20. The van der Waals surface area contributed by atoms with Crippen LogP contribution in [0.2, 0.25) is 0 Å². The Morgan fingerprint density at radius 1 is 1.39 bits per heavy atom. The summed E-state index contributed by atoms with van der Waals surface area (Å²) in [6.07, 6.45) is 0. The van der Waals surface area contributed by atoms with E-state index in [0.717, 1.165) is 0 Å². The lowest BCUT2D eigenvalue weighted by atomic mass is 10.3. The molecule has 13 heteroatoms. The minimum absolute atomic E-state index is 0.0208. The Labute approximate surface area is 172 Å². The highest BCUT2D eigenvalue weighted by Gasteiger charge is 2.18. The van der Waals surface area contributed by atoms with Gasteiger partial charge in [-0.1, -0.05) is 16.9 Å². The molecule has 0 saturated heterocycles. The van der Waals surface area contributed by atoms with Crippen molar-refractivity contribution in [2.75, 3.05) is 37.9 Å². The number of benzene rings is 1. The third-order valence-corrected chi connectivity index (χ3v) is 4.74. The average molecular weight is 477 g/mol. The molecule has 0 bridgehead atoms. The second-order valence-corrected chi connectivity index (χ2v) is 7.08. The minimum Gasteiger partial charge on any atom is -0.409 e. The second-order valence-electron chi connectivity index (χ2n) is 5.14. The van der Waals surface area contributed by atoms with Crippen molar-refractivity contribution >= 4 is 45.2 Å². The second kappa shape index (κ2) is 11.5. The van der Waals surface area contributed by atoms with Crippen molar-refractivity contribution in [2.45, 2.75) is 5.03 Å². The van der Waals surface area contributed by atoms with Crippen LogP contribution in [0.25, 0.3) is 0 Å². The Morgan fingerprint density at radius 3 is 2.89 bits per heavy atom. The highest BCUT2D eigenvalue weighted by Crippen LogP contribution is 2.23. The first-order valence-corrected chi connectivity index (χ1v) is 9.73. The SMILES string of the molecule is COCCNC(=O)NCCSc1nonc1C(=NO)Nc1ccc(F)c(Br)c1. The highest BCUT2D eigenvalue weighted by atomic mass is 79.9. The van der Waals surface area contributed by atoms with E-state index >= 15 is 0 Å². The first-order valence-electron chi connectivity index (χ1n) is 7.95. The largest absolute Gasteiger partial charge is 0.409 e. The average Bonchev–Trinajstić information content (AvgIpc) is 3.14. The summed E-state index contributed by atoms with van der Waals surface area (Å²) in [5, 5.41) is 28.4. The van der Waals surface area contributed by atoms with Crippen molar-refractivity contribution < 1.29 is 23.8 Å². The molecule has 0 saturated carbocycles. The molecule has 1 aromatic carbocycles. The van der Waals surface area contributed by atoms with E-state index in [9.17, 15) is 14.4 Å². The molecule has 2 amide bonds. The van der Waals surface area contributed by atoms with E-state index in [4.69, 9.17) is 9.37 Å². The van der Waals surface area contributed by atoms with Crippen LogP contribution < -0.4 is 16.0 Å². The summed E-state index contributed by atoms with van der Waals surface area (Å²) in [4.78, 5) is 11.5. The summed E-state index contributed by atoms with van der Waals surface area (Å²) in [5.41, 5.74) is 0.645. The number of anilines is 1. The Hall–Kier alpha value is -2.38. The molecule has 0 aliphatic carbocycles. The molecule has 28 heavy (non-hydrogen) atoms. The normalized spacial score (nSPS) is 11.3. The van der Waals surface area contributed by atoms with Crippen LogP contribution in [0.15, 0.2) is 37.5 Å². The van der Waals surface area contributed by atoms with Crippen LogP contribution in [0, 0.1) is 5.82 Å². The van der Waals surface area contributed by atoms with E-state index in [2.05, 4.69) is 47.3 Å². The summed E-state index contributed by atoms with van der Waals surface area (Å²) < 4.78 is 23.1. The predicted octanol–water partition coefficient (Wildman–Crippen LogP) is 2.26. The number of nitrogens with zero attached hydrogens (tertiary/aromatic N) is 3. The Morgan fingerprint density at radius 2 is 2.18 bits per heavy atom. The van der Waals surface area contributed by atoms with Gasteiger partial charge < -0.3 is 25.9 Å². The zero-order valence-corrected chi connectivity index (χ0v) is 17.1. The number of hydrogen-bond acceptors (Lipinski definition) is 8. The van der Waals surface area contributed by atoms with E-state index in [1.165, 1.54) is 30.0 Å². The number of rotatable bonds is 9. The maximum Gasteiger partial charge on any atom is 0.314 e. The van der Waals surface area contributed by atoms with Crippen LogP contribution in [-0.2, 0) is 4.74 Å². The molecule has 152 valence electrons. The van der Waals surface area contributed by atoms with E-state index in [1.807, 2.05) is 0 Å². The van der Waals surface area contributed by atoms with Crippen molar-refractivity contribution in [3.8, 4) is 0 Å². The Kier molecular flexibility index (Phi) is 8.97. The molecule has 0 aliphatic rings. The molecule has 10 nitrogen and oxygen atoms in total. The zero-order valence-electron chi connectivity index (χ0n) is 14.7. The molecule has 0 atom stereocenters. The maximum atomic E-state index is 13.3. The van der Waals surface area contributed by atoms with Gasteiger partial charge in [-0.2, -0.15) is 0 Å². The molecule has 0 unspecified atom stereocenters. The quantitative estimate of drug-likeness (QED) is 0.108. The number of carbonyl (C=O) groups excluding carboxylic acids is 1. The molecule has 1 aromatic heterocycles. The minimum atomic E-state index is -0.425. The summed E-state index contributed by atoms with van der Waals surface area (Å²) in [7, 11) is 1.55. The highest BCUT2D eigenvalue weighted by molar-refractivity contribution is 9.10. The van der Waals surface area contributed by atoms with Gasteiger partial charge in [0, 0.05) is 31.6 Å². The first-order chi connectivity index (χ1) is 13.5. The smallest absolute Gasteiger partial charge is 0.314 e. The van der Waals surface area contributed by atoms with E-state index in [0.29, 0.717) is 36.2 Å². The van der Waals surface area contributed by atoms with Gasteiger partial charge in [-0.25, -0.2) is 13.8 Å². The fourth-order valence-electron chi connectivity index (χ4n) is 1.90. The van der Waals surface area contributed by atoms with Gasteiger partial charge in [-0.3, -0.25) is 0 Å². The lowest BCUT2D eigenvalue weighted by Gasteiger charge is -2.08. The number of amides is 2. The molecule has 4 N–H and O–H groups in total. The Bertz CT molecular complexity index is 822. The van der Waals surface area contributed by atoms with Crippen LogP contribution >= 0.6 is 27.7 Å². The molecule has 0 spiro atoms. The fraction of sp³-hybridized carbons (Fsp3) is 0.333. The van der Waals surface area contributed by atoms with Gasteiger partial charge in [0.05, 0.1) is 11.1 Å². The molecular weight excluding hydrogens is 459 g/mol. The van der Waals surface area contributed by atoms with Crippen LogP contribution in [0.1, 0.15) is 5.69 Å². The fourth-order valence-corrected chi connectivity index (χ4v) is 3.04.